The lowest BCUT2D eigenvalue weighted by molar-refractivity contribution is -0.138. The molecule has 14 heavy (non-hydrogen) atoms. The third-order valence-corrected chi connectivity index (χ3v) is 1.92. The molecule has 0 bridgehead atoms. The molecule has 0 aliphatic rings. The summed E-state index contributed by atoms with van der Waals surface area (Å²) in [5.41, 5.74) is 4.98. The predicted octanol–water partition coefficient (Wildman–Crippen LogP) is 0.350. The monoisotopic (exact) mass is 217 g/mol. The van der Waals surface area contributed by atoms with E-state index in [4.69, 9.17) is 22.4 Å². The van der Waals surface area contributed by atoms with E-state index in [0.29, 0.717) is 0 Å². The molecule has 6 nitrogen and oxygen atoms in total. The Labute approximate surface area is 84.1 Å². The van der Waals surface area contributed by atoms with Gasteiger partial charge in [0.25, 0.3) is 5.91 Å². The largest absolute Gasteiger partial charge is 0.481 e. The lowest BCUT2D eigenvalue weighted by Gasteiger charge is -2.03. The number of carbonyl (C=O) groups excluding carboxylic acids is 1. The normalized spacial score (nSPS) is 12.4. The fourth-order valence-corrected chi connectivity index (χ4v) is 1.17. The summed E-state index contributed by atoms with van der Waals surface area (Å²) in [5, 5.41) is 8.65. The van der Waals surface area contributed by atoms with E-state index in [1.165, 1.54) is 6.92 Å². The number of H-pyrrole nitrogens is 1. The Kier molecular flexibility index (Phi) is 2.76. The lowest BCUT2D eigenvalue weighted by atomic mass is 10.1. The SMILES string of the molecule is CC(C(=O)O)c1[nH]c(Cl)nc1C(N)=O. The average Bonchev–Trinajstić information content (AvgIpc) is 2.45. The van der Waals surface area contributed by atoms with Crippen LogP contribution in [0.4, 0.5) is 0 Å². The minimum atomic E-state index is -1.09. The molecule has 1 heterocycles. The number of carbonyl (C=O) groups is 2. The predicted molar refractivity (Wildman–Crippen MR) is 48.2 cm³/mol. The number of nitrogens with zero attached hydrogens (tertiary/aromatic N) is 1. The Hall–Kier alpha value is -1.56. The third kappa shape index (κ3) is 1.85. The summed E-state index contributed by atoms with van der Waals surface area (Å²) in [6.45, 7) is 1.40. The number of aliphatic carboxylic acids is 1. The minimum Gasteiger partial charge on any atom is -0.481 e. The fraction of sp³-hybridized carbons (Fsp3) is 0.286. The third-order valence-electron chi connectivity index (χ3n) is 1.74. The number of aromatic nitrogens is 2. The molecule has 0 spiro atoms. The van der Waals surface area contributed by atoms with Crippen LogP contribution >= 0.6 is 11.6 Å². The van der Waals surface area contributed by atoms with Gasteiger partial charge in [-0.05, 0) is 18.5 Å². The van der Waals surface area contributed by atoms with Gasteiger partial charge < -0.3 is 15.8 Å². The zero-order valence-electron chi connectivity index (χ0n) is 7.24. The van der Waals surface area contributed by atoms with Gasteiger partial charge in [0.1, 0.15) is 0 Å². The number of nitrogens with one attached hydrogen (secondary N) is 1. The molecule has 7 heteroatoms. The first-order chi connectivity index (χ1) is 6.43. The molecule has 1 rings (SSSR count). The van der Waals surface area contributed by atoms with Crippen molar-refractivity contribution < 1.29 is 14.7 Å². The Morgan fingerprint density at radius 3 is 2.64 bits per heavy atom. The van der Waals surface area contributed by atoms with Gasteiger partial charge in [0.2, 0.25) is 5.28 Å². The number of amides is 1. The summed E-state index contributed by atoms with van der Waals surface area (Å²) in [6, 6.07) is 0. The van der Waals surface area contributed by atoms with Crippen molar-refractivity contribution in [2.75, 3.05) is 0 Å². The molecular formula is C7H8ClN3O3. The van der Waals surface area contributed by atoms with Crippen LogP contribution in [0.15, 0.2) is 0 Å². The summed E-state index contributed by atoms with van der Waals surface area (Å²) in [5.74, 6) is -2.80. The molecule has 0 aromatic carbocycles. The second kappa shape index (κ2) is 3.67. The second-order valence-electron chi connectivity index (χ2n) is 2.71. The number of halogens is 1. The van der Waals surface area contributed by atoms with Gasteiger partial charge in [0.05, 0.1) is 11.6 Å². The molecule has 76 valence electrons. The first-order valence-electron chi connectivity index (χ1n) is 3.71. The van der Waals surface area contributed by atoms with Gasteiger partial charge in [0, 0.05) is 0 Å². The van der Waals surface area contributed by atoms with Gasteiger partial charge in [0.15, 0.2) is 5.69 Å². The molecule has 1 amide bonds. The van der Waals surface area contributed by atoms with Crippen LogP contribution in [0.2, 0.25) is 5.28 Å². The maximum atomic E-state index is 10.9. The zero-order valence-corrected chi connectivity index (χ0v) is 8.00. The van der Waals surface area contributed by atoms with E-state index in [1.807, 2.05) is 0 Å². The van der Waals surface area contributed by atoms with Crippen molar-refractivity contribution in [2.24, 2.45) is 5.73 Å². The van der Waals surface area contributed by atoms with Crippen molar-refractivity contribution >= 4 is 23.5 Å². The molecule has 0 radical (unpaired) electrons. The number of carboxylic acid groups (broad SMARTS) is 1. The number of hydrogen-bond donors (Lipinski definition) is 3. The zero-order chi connectivity index (χ0) is 10.9. The fourth-order valence-electron chi connectivity index (χ4n) is 0.981. The van der Waals surface area contributed by atoms with Crippen LogP contribution in [-0.2, 0) is 4.79 Å². The van der Waals surface area contributed by atoms with Crippen molar-refractivity contribution in [3.05, 3.63) is 16.7 Å². The summed E-state index contributed by atoms with van der Waals surface area (Å²) in [4.78, 5) is 27.6. The highest BCUT2D eigenvalue weighted by atomic mass is 35.5. The minimum absolute atomic E-state index is 0.0538. The summed E-state index contributed by atoms with van der Waals surface area (Å²) < 4.78 is 0. The summed E-state index contributed by atoms with van der Waals surface area (Å²) >= 11 is 5.49. The average molecular weight is 218 g/mol. The van der Waals surface area contributed by atoms with Gasteiger partial charge in [-0.15, -0.1) is 0 Å². The Morgan fingerprint density at radius 2 is 2.21 bits per heavy atom. The molecule has 0 fully saturated rings. The number of aromatic amines is 1. The lowest BCUT2D eigenvalue weighted by Crippen LogP contribution is -2.17. The molecule has 1 aromatic rings. The Balaban J connectivity index is 3.19. The standard InChI is InChI=1S/C7H8ClN3O3/c1-2(6(13)14)3-4(5(9)12)11-7(8)10-3/h2H,1H3,(H2,9,12)(H,10,11)(H,13,14). The topological polar surface area (TPSA) is 109 Å². The quantitative estimate of drug-likeness (QED) is 0.679. The molecule has 4 N–H and O–H groups in total. The highest BCUT2D eigenvalue weighted by Crippen LogP contribution is 2.19. The molecule has 0 saturated carbocycles. The van der Waals surface area contributed by atoms with Crippen LogP contribution in [0.25, 0.3) is 0 Å². The van der Waals surface area contributed by atoms with E-state index in [9.17, 15) is 9.59 Å². The molecule has 0 aliphatic heterocycles. The van der Waals surface area contributed by atoms with Crippen molar-refractivity contribution in [2.45, 2.75) is 12.8 Å². The molecular weight excluding hydrogens is 210 g/mol. The highest BCUT2D eigenvalue weighted by molar-refractivity contribution is 6.28. The number of nitrogens with two attached hydrogens (primary N) is 1. The van der Waals surface area contributed by atoms with Crippen LogP contribution in [0.1, 0.15) is 29.0 Å². The van der Waals surface area contributed by atoms with Crippen molar-refractivity contribution in [3.63, 3.8) is 0 Å². The van der Waals surface area contributed by atoms with E-state index < -0.39 is 17.8 Å². The van der Waals surface area contributed by atoms with Crippen molar-refractivity contribution in [1.29, 1.82) is 0 Å². The Bertz CT molecular complexity index is 388. The number of rotatable bonds is 3. The molecule has 1 unspecified atom stereocenters. The van der Waals surface area contributed by atoms with Crippen LogP contribution in [-0.4, -0.2) is 27.0 Å². The molecule has 1 atom stereocenters. The van der Waals surface area contributed by atoms with Crippen molar-refractivity contribution in [1.82, 2.24) is 9.97 Å². The van der Waals surface area contributed by atoms with Gasteiger partial charge in [-0.3, -0.25) is 9.59 Å². The molecule has 1 aromatic heterocycles. The number of primary amides is 1. The number of imidazole rings is 1. The van der Waals surface area contributed by atoms with E-state index >= 15 is 0 Å². The maximum absolute atomic E-state index is 10.9. The van der Waals surface area contributed by atoms with Gasteiger partial charge >= 0.3 is 5.97 Å². The van der Waals surface area contributed by atoms with Crippen LogP contribution in [0, 0.1) is 0 Å². The first-order valence-corrected chi connectivity index (χ1v) is 4.09. The number of carboxylic acids is 1. The first kappa shape index (κ1) is 10.5. The van der Waals surface area contributed by atoms with Crippen molar-refractivity contribution in [3.8, 4) is 0 Å². The summed E-state index contributed by atoms with van der Waals surface area (Å²) in [7, 11) is 0. The number of hydrogen-bond acceptors (Lipinski definition) is 3. The highest BCUT2D eigenvalue weighted by Gasteiger charge is 2.23. The summed E-state index contributed by atoms with van der Waals surface area (Å²) in [6.07, 6.45) is 0. The van der Waals surface area contributed by atoms with E-state index in [1.54, 1.807) is 0 Å². The van der Waals surface area contributed by atoms with Crippen LogP contribution in [0.5, 0.6) is 0 Å². The molecule has 0 saturated heterocycles. The van der Waals surface area contributed by atoms with Gasteiger partial charge in [-0.25, -0.2) is 4.98 Å². The van der Waals surface area contributed by atoms with Gasteiger partial charge in [-0.2, -0.15) is 0 Å². The van der Waals surface area contributed by atoms with E-state index in [2.05, 4.69) is 9.97 Å². The van der Waals surface area contributed by atoms with E-state index in [0.717, 1.165) is 0 Å². The van der Waals surface area contributed by atoms with Gasteiger partial charge in [-0.1, -0.05) is 0 Å². The second-order valence-corrected chi connectivity index (χ2v) is 3.07. The van der Waals surface area contributed by atoms with Crippen LogP contribution < -0.4 is 5.73 Å². The molecule has 0 aliphatic carbocycles. The van der Waals surface area contributed by atoms with Crippen LogP contribution in [0.3, 0.4) is 0 Å². The smallest absolute Gasteiger partial charge is 0.312 e. The van der Waals surface area contributed by atoms with E-state index in [-0.39, 0.29) is 16.7 Å². The maximum Gasteiger partial charge on any atom is 0.312 e. The Morgan fingerprint density at radius 1 is 1.64 bits per heavy atom.